The molecule has 0 aliphatic rings. The number of hydrogen-bond acceptors (Lipinski definition) is 4. The number of rotatable bonds is 7. The van der Waals surface area contributed by atoms with Crippen molar-refractivity contribution in [3.05, 3.63) is 54.1 Å². The number of benzene rings is 2. The molecule has 2 rings (SSSR count). The first kappa shape index (κ1) is 16.4. The summed E-state index contributed by atoms with van der Waals surface area (Å²) < 4.78 is 5.50. The number of nitriles is 1. The predicted octanol–water partition coefficient (Wildman–Crippen LogP) is 3.20. The van der Waals surface area contributed by atoms with Gasteiger partial charge in [-0.05, 0) is 36.8 Å². The summed E-state index contributed by atoms with van der Waals surface area (Å²) in [6.45, 7) is 2.63. The van der Waals surface area contributed by atoms with E-state index in [0.717, 1.165) is 17.0 Å². The van der Waals surface area contributed by atoms with Crippen LogP contribution in [0.1, 0.15) is 12.5 Å². The third-order valence-electron chi connectivity index (χ3n) is 3.15. The molecule has 0 spiro atoms. The molecule has 0 aliphatic carbocycles. The zero-order valence-electron chi connectivity index (χ0n) is 13.0. The summed E-state index contributed by atoms with van der Waals surface area (Å²) >= 11 is 0. The number of ether oxygens (including phenoxy) is 1. The summed E-state index contributed by atoms with van der Waals surface area (Å²) in [7, 11) is 0. The first-order valence-electron chi connectivity index (χ1n) is 7.44. The van der Waals surface area contributed by atoms with Crippen molar-refractivity contribution in [2.75, 3.05) is 23.8 Å². The van der Waals surface area contributed by atoms with Crippen LogP contribution in [0.5, 0.6) is 5.75 Å². The molecule has 23 heavy (non-hydrogen) atoms. The number of carbonyl (C=O) groups is 1. The molecule has 5 nitrogen and oxygen atoms in total. The van der Waals surface area contributed by atoms with Crippen LogP contribution in [0, 0.1) is 11.3 Å². The van der Waals surface area contributed by atoms with E-state index in [-0.39, 0.29) is 12.5 Å². The Morgan fingerprint density at radius 2 is 1.91 bits per heavy atom. The molecule has 2 aromatic rings. The normalized spacial score (nSPS) is 9.74. The van der Waals surface area contributed by atoms with E-state index < -0.39 is 0 Å². The second-order valence-electron chi connectivity index (χ2n) is 4.86. The summed E-state index contributed by atoms with van der Waals surface area (Å²) in [6.07, 6.45) is 0.365. The molecular formula is C18H19N3O2. The van der Waals surface area contributed by atoms with Gasteiger partial charge in [-0.25, -0.2) is 0 Å². The van der Waals surface area contributed by atoms with Crippen molar-refractivity contribution >= 4 is 17.3 Å². The number of nitrogens with one attached hydrogen (secondary N) is 2. The van der Waals surface area contributed by atoms with E-state index >= 15 is 0 Å². The highest BCUT2D eigenvalue weighted by Gasteiger charge is 2.06. The second-order valence-corrected chi connectivity index (χ2v) is 4.86. The van der Waals surface area contributed by atoms with Crippen LogP contribution in [-0.2, 0) is 11.2 Å². The number of anilines is 2. The summed E-state index contributed by atoms with van der Waals surface area (Å²) in [5.41, 5.74) is 2.42. The van der Waals surface area contributed by atoms with Gasteiger partial charge in [0.25, 0.3) is 0 Å². The molecule has 0 bridgehead atoms. The van der Waals surface area contributed by atoms with Crippen molar-refractivity contribution in [2.45, 2.75) is 13.3 Å². The molecule has 0 saturated heterocycles. The molecular weight excluding hydrogens is 290 g/mol. The lowest BCUT2D eigenvalue weighted by Gasteiger charge is -2.12. The molecule has 2 N–H and O–H groups in total. The van der Waals surface area contributed by atoms with Gasteiger partial charge >= 0.3 is 0 Å². The van der Waals surface area contributed by atoms with Crippen LogP contribution in [0.15, 0.2) is 48.5 Å². The number of para-hydroxylation sites is 2. The Balaban J connectivity index is 1.89. The van der Waals surface area contributed by atoms with Crippen molar-refractivity contribution < 1.29 is 9.53 Å². The molecule has 118 valence electrons. The molecule has 5 heteroatoms. The van der Waals surface area contributed by atoms with Crippen LogP contribution in [0.2, 0.25) is 0 Å². The van der Waals surface area contributed by atoms with Crippen molar-refractivity contribution in [3.63, 3.8) is 0 Å². The number of amides is 1. The standard InChI is InChI=1S/C18H19N3O2/c1-2-23-17-6-4-3-5-16(17)20-13-18(22)21-15-9-7-14(8-10-15)11-12-19/h3-10,20H,2,11,13H2,1H3,(H,21,22). The SMILES string of the molecule is CCOc1ccccc1NCC(=O)Nc1ccc(CC#N)cc1. The lowest BCUT2D eigenvalue weighted by atomic mass is 10.1. The smallest absolute Gasteiger partial charge is 0.243 e. The Morgan fingerprint density at radius 1 is 1.17 bits per heavy atom. The van der Waals surface area contributed by atoms with Crippen LogP contribution in [0.25, 0.3) is 0 Å². The molecule has 0 aliphatic heterocycles. The van der Waals surface area contributed by atoms with E-state index in [1.54, 1.807) is 12.1 Å². The highest BCUT2D eigenvalue weighted by atomic mass is 16.5. The van der Waals surface area contributed by atoms with E-state index in [4.69, 9.17) is 10.00 Å². The second kappa shape index (κ2) is 8.44. The Morgan fingerprint density at radius 3 is 2.61 bits per heavy atom. The van der Waals surface area contributed by atoms with Gasteiger partial charge in [0.2, 0.25) is 5.91 Å². The minimum absolute atomic E-state index is 0.143. The summed E-state index contributed by atoms with van der Waals surface area (Å²) in [6, 6.07) is 16.8. The molecule has 0 saturated carbocycles. The lowest BCUT2D eigenvalue weighted by Crippen LogP contribution is -2.22. The fraction of sp³-hybridized carbons (Fsp3) is 0.222. The molecule has 0 aromatic heterocycles. The molecule has 0 radical (unpaired) electrons. The first-order valence-corrected chi connectivity index (χ1v) is 7.44. The van der Waals surface area contributed by atoms with Crippen LogP contribution >= 0.6 is 0 Å². The van der Waals surface area contributed by atoms with Crippen LogP contribution in [0.4, 0.5) is 11.4 Å². The molecule has 0 atom stereocenters. The maximum absolute atomic E-state index is 12.0. The van der Waals surface area contributed by atoms with Gasteiger partial charge in [-0.3, -0.25) is 4.79 Å². The Hall–Kier alpha value is -3.00. The quantitative estimate of drug-likeness (QED) is 0.823. The van der Waals surface area contributed by atoms with Crippen LogP contribution in [0.3, 0.4) is 0 Å². The number of nitrogens with zero attached hydrogens (tertiary/aromatic N) is 1. The van der Waals surface area contributed by atoms with Gasteiger partial charge < -0.3 is 15.4 Å². The topological polar surface area (TPSA) is 74.2 Å². The van der Waals surface area contributed by atoms with Gasteiger partial charge in [-0.1, -0.05) is 24.3 Å². The lowest BCUT2D eigenvalue weighted by molar-refractivity contribution is -0.114. The summed E-state index contributed by atoms with van der Waals surface area (Å²) in [5, 5.41) is 14.5. The van der Waals surface area contributed by atoms with Crippen molar-refractivity contribution in [1.29, 1.82) is 5.26 Å². The van der Waals surface area contributed by atoms with E-state index in [1.807, 2.05) is 43.3 Å². The fourth-order valence-corrected chi connectivity index (χ4v) is 2.07. The number of carbonyl (C=O) groups excluding carboxylic acids is 1. The van der Waals surface area contributed by atoms with Gasteiger partial charge in [0.05, 0.1) is 31.3 Å². The van der Waals surface area contributed by atoms with E-state index in [9.17, 15) is 4.79 Å². The minimum Gasteiger partial charge on any atom is -0.492 e. The molecule has 0 fully saturated rings. The van der Waals surface area contributed by atoms with Crippen molar-refractivity contribution in [3.8, 4) is 11.8 Å². The van der Waals surface area contributed by atoms with Gasteiger partial charge in [-0.15, -0.1) is 0 Å². The number of hydrogen-bond donors (Lipinski definition) is 2. The third-order valence-corrected chi connectivity index (χ3v) is 3.15. The zero-order chi connectivity index (χ0) is 16.5. The molecule has 0 unspecified atom stereocenters. The van der Waals surface area contributed by atoms with E-state index in [0.29, 0.717) is 18.7 Å². The first-order chi connectivity index (χ1) is 11.2. The van der Waals surface area contributed by atoms with E-state index in [2.05, 4.69) is 16.7 Å². The largest absolute Gasteiger partial charge is 0.492 e. The predicted molar refractivity (Wildman–Crippen MR) is 90.5 cm³/mol. The summed E-state index contributed by atoms with van der Waals surface area (Å²) in [5.74, 6) is 0.577. The third kappa shape index (κ3) is 5.04. The average Bonchev–Trinajstić information content (AvgIpc) is 2.56. The van der Waals surface area contributed by atoms with Crippen molar-refractivity contribution in [1.82, 2.24) is 0 Å². The zero-order valence-corrected chi connectivity index (χ0v) is 13.0. The molecule has 1 amide bonds. The van der Waals surface area contributed by atoms with Gasteiger partial charge in [0.1, 0.15) is 5.75 Å². The highest BCUT2D eigenvalue weighted by molar-refractivity contribution is 5.93. The Labute approximate surface area is 135 Å². The van der Waals surface area contributed by atoms with Gasteiger partial charge in [0, 0.05) is 5.69 Å². The van der Waals surface area contributed by atoms with Gasteiger partial charge in [0.15, 0.2) is 0 Å². The maximum Gasteiger partial charge on any atom is 0.243 e. The molecule has 2 aromatic carbocycles. The minimum atomic E-state index is -0.149. The van der Waals surface area contributed by atoms with E-state index in [1.165, 1.54) is 0 Å². The van der Waals surface area contributed by atoms with Crippen molar-refractivity contribution in [2.24, 2.45) is 0 Å². The molecule has 0 heterocycles. The maximum atomic E-state index is 12.0. The highest BCUT2D eigenvalue weighted by Crippen LogP contribution is 2.23. The van der Waals surface area contributed by atoms with Crippen LogP contribution in [-0.4, -0.2) is 19.1 Å². The monoisotopic (exact) mass is 309 g/mol. The Bertz CT molecular complexity index is 690. The average molecular weight is 309 g/mol. The Kier molecular flexibility index (Phi) is 6.01. The van der Waals surface area contributed by atoms with Gasteiger partial charge in [-0.2, -0.15) is 5.26 Å². The summed E-state index contributed by atoms with van der Waals surface area (Å²) in [4.78, 5) is 12.0. The fourth-order valence-electron chi connectivity index (χ4n) is 2.07. The van der Waals surface area contributed by atoms with Crippen LogP contribution < -0.4 is 15.4 Å².